The number of aryl methyl sites for hydroxylation is 1. The second-order valence-corrected chi connectivity index (χ2v) is 7.81. The molecule has 24 heavy (non-hydrogen) atoms. The second-order valence-electron chi connectivity index (χ2n) is 5.82. The van der Waals surface area contributed by atoms with Gasteiger partial charge in [-0.1, -0.05) is 17.7 Å². The summed E-state index contributed by atoms with van der Waals surface area (Å²) in [6.45, 7) is 1.42. The third kappa shape index (κ3) is 3.50. The highest BCUT2D eigenvalue weighted by Crippen LogP contribution is 2.32. The molecule has 0 spiro atoms. The Labute approximate surface area is 147 Å². The average Bonchev–Trinajstić information content (AvgIpc) is 2.54. The summed E-state index contributed by atoms with van der Waals surface area (Å²) in [6, 6.07) is 10.6. The van der Waals surface area contributed by atoms with Gasteiger partial charge in [0, 0.05) is 29.4 Å². The van der Waals surface area contributed by atoms with Gasteiger partial charge in [0.1, 0.15) is 5.75 Å². The molecule has 0 radical (unpaired) electrons. The summed E-state index contributed by atoms with van der Waals surface area (Å²) in [5.74, 6) is 0.758. The van der Waals surface area contributed by atoms with Gasteiger partial charge >= 0.3 is 0 Å². The zero-order valence-electron chi connectivity index (χ0n) is 13.3. The zero-order valence-corrected chi connectivity index (χ0v) is 14.9. The summed E-state index contributed by atoms with van der Waals surface area (Å²) < 4.78 is 28.7. The normalized spacial score (nSPS) is 14.4. The molecule has 2 N–H and O–H groups in total. The van der Waals surface area contributed by atoms with Crippen LogP contribution >= 0.6 is 11.6 Å². The molecule has 0 bridgehead atoms. The van der Waals surface area contributed by atoms with Crippen molar-refractivity contribution in [3.63, 3.8) is 0 Å². The summed E-state index contributed by atoms with van der Waals surface area (Å²) >= 11 is 6.11. The van der Waals surface area contributed by atoms with E-state index < -0.39 is 10.0 Å². The Bertz CT molecular complexity index is 868. The number of halogens is 1. The van der Waals surface area contributed by atoms with Gasteiger partial charge in [0.05, 0.1) is 12.0 Å². The van der Waals surface area contributed by atoms with E-state index in [9.17, 15) is 8.42 Å². The van der Waals surface area contributed by atoms with E-state index in [1.165, 1.54) is 0 Å². The maximum absolute atomic E-state index is 11.7. The minimum absolute atomic E-state index is 0.131. The Morgan fingerprint density at radius 2 is 2.04 bits per heavy atom. The highest BCUT2D eigenvalue weighted by molar-refractivity contribution is 7.89. The maximum atomic E-state index is 11.7. The van der Waals surface area contributed by atoms with Crippen molar-refractivity contribution in [2.24, 2.45) is 5.14 Å². The Morgan fingerprint density at radius 3 is 2.75 bits per heavy atom. The number of hydrogen-bond donors (Lipinski definition) is 1. The molecule has 0 saturated carbocycles. The molecule has 0 unspecified atom stereocenters. The van der Waals surface area contributed by atoms with Crippen molar-refractivity contribution in [1.82, 2.24) is 0 Å². The van der Waals surface area contributed by atoms with Gasteiger partial charge in [-0.05, 0) is 48.7 Å². The fourth-order valence-electron chi connectivity index (χ4n) is 3.05. The number of anilines is 1. The highest BCUT2D eigenvalue weighted by atomic mass is 35.5. The lowest BCUT2D eigenvalue weighted by molar-refractivity contribution is 0.409. The van der Waals surface area contributed by atoms with Gasteiger partial charge in [-0.2, -0.15) is 0 Å². The average molecular weight is 367 g/mol. The molecule has 5 nitrogen and oxygen atoms in total. The number of methoxy groups -OCH3 is 1. The topological polar surface area (TPSA) is 72.6 Å². The summed E-state index contributed by atoms with van der Waals surface area (Å²) in [6.07, 6.45) is 1.92. The van der Waals surface area contributed by atoms with Crippen molar-refractivity contribution in [3.05, 3.63) is 52.5 Å². The quantitative estimate of drug-likeness (QED) is 0.902. The molecule has 3 rings (SSSR count). The van der Waals surface area contributed by atoms with Crippen molar-refractivity contribution in [2.75, 3.05) is 18.6 Å². The monoisotopic (exact) mass is 366 g/mol. The number of primary sulfonamides is 1. The first-order chi connectivity index (χ1) is 11.4. The van der Waals surface area contributed by atoms with E-state index in [-0.39, 0.29) is 4.90 Å². The van der Waals surface area contributed by atoms with Gasteiger partial charge in [0.25, 0.3) is 0 Å². The van der Waals surface area contributed by atoms with Crippen LogP contribution in [0.1, 0.15) is 17.5 Å². The minimum Gasteiger partial charge on any atom is -0.496 e. The predicted molar refractivity (Wildman–Crippen MR) is 95.2 cm³/mol. The molecular formula is C17H19ClN2O3S. The number of benzene rings is 2. The van der Waals surface area contributed by atoms with E-state index in [1.54, 1.807) is 25.3 Å². The molecule has 1 aliphatic rings. The van der Waals surface area contributed by atoms with Crippen molar-refractivity contribution >= 4 is 27.3 Å². The Hall–Kier alpha value is -1.76. The van der Waals surface area contributed by atoms with E-state index in [0.29, 0.717) is 11.6 Å². The molecule has 128 valence electrons. The first-order valence-electron chi connectivity index (χ1n) is 7.61. The van der Waals surface area contributed by atoms with E-state index in [4.69, 9.17) is 21.5 Å². The Morgan fingerprint density at radius 1 is 1.25 bits per heavy atom. The van der Waals surface area contributed by atoms with Gasteiger partial charge < -0.3 is 9.64 Å². The number of hydrogen-bond acceptors (Lipinski definition) is 4. The lowest BCUT2D eigenvalue weighted by Crippen LogP contribution is -2.29. The van der Waals surface area contributed by atoms with Gasteiger partial charge in [0.2, 0.25) is 10.0 Å². The van der Waals surface area contributed by atoms with Crippen LogP contribution in [0.15, 0.2) is 41.3 Å². The van der Waals surface area contributed by atoms with Gasteiger partial charge in [0.15, 0.2) is 0 Å². The summed E-state index contributed by atoms with van der Waals surface area (Å²) in [7, 11) is -2.10. The van der Waals surface area contributed by atoms with Gasteiger partial charge in [-0.15, -0.1) is 0 Å². The standard InChI is InChI=1S/C17H19ClN2O3S/c1-23-17-7-5-14(18)9-13(17)11-20-8-2-3-12-4-6-15(10-16(12)20)24(19,21)22/h4-7,9-10H,2-3,8,11H2,1H3,(H2,19,21,22). The van der Waals surface area contributed by atoms with Crippen molar-refractivity contribution in [1.29, 1.82) is 0 Å². The Balaban J connectivity index is 1.99. The van der Waals surface area contributed by atoms with Crippen molar-refractivity contribution < 1.29 is 13.2 Å². The fraction of sp³-hybridized carbons (Fsp3) is 0.294. The Kier molecular flexibility index (Phi) is 4.71. The summed E-state index contributed by atoms with van der Waals surface area (Å²) in [4.78, 5) is 2.27. The molecule has 1 aliphatic heterocycles. The van der Waals surface area contributed by atoms with E-state index in [1.807, 2.05) is 18.2 Å². The lowest BCUT2D eigenvalue weighted by atomic mass is 10.0. The van der Waals surface area contributed by atoms with Gasteiger partial charge in [-0.3, -0.25) is 0 Å². The first kappa shape index (κ1) is 17.1. The molecule has 0 aliphatic carbocycles. The lowest BCUT2D eigenvalue weighted by Gasteiger charge is -2.32. The van der Waals surface area contributed by atoms with Crippen LogP contribution in [-0.2, 0) is 23.0 Å². The van der Waals surface area contributed by atoms with Crippen molar-refractivity contribution in [3.8, 4) is 5.75 Å². The molecule has 0 fully saturated rings. The number of rotatable bonds is 4. The smallest absolute Gasteiger partial charge is 0.238 e. The largest absolute Gasteiger partial charge is 0.496 e. The van der Waals surface area contributed by atoms with E-state index in [2.05, 4.69) is 4.90 Å². The second kappa shape index (κ2) is 6.63. The van der Waals surface area contributed by atoms with Gasteiger partial charge in [-0.25, -0.2) is 13.6 Å². The van der Waals surface area contributed by atoms with E-state index in [0.717, 1.165) is 42.0 Å². The number of nitrogens with zero attached hydrogens (tertiary/aromatic N) is 1. The van der Waals surface area contributed by atoms with E-state index >= 15 is 0 Å². The SMILES string of the molecule is COc1ccc(Cl)cc1CN1CCCc2ccc(S(N)(=O)=O)cc21. The summed E-state index contributed by atoms with van der Waals surface area (Å²) in [5.41, 5.74) is 2.98. The molecule has 0 amide bonds. The van der Waals surface area contributed by atoms with Crippen LogP contribution in [-0.4, -0.2) is 22.1 Å². The number of sulfonamides is 1. The van der Waals surface area contributed by atoms with Crippen LogP contribution in [0.3, 0.4) is 0 Å². The zero-order chi connectivity index (χ0) is 17.3. The number of fused-ring (bicyclic) bond motifs is 1. The van der Waals surface area contributed by atoms with Crippen molar-refractivity contribution in [2.45, 2.75) is 24.3 Å². The third-order valence-corrected chi connectivity index (χ3v) is 5.35. The molecule has 7 heteroatoms. The molecule has 0 atom stereocenters. The van der Waals surface area contributed by atoms with Crippen LogP contribution in [0.5, 0.6) is 5.75 Å². The molecule has 0 aromatic heterocycles. The fourth-order valence-corrected chi connectivity index (χ4v) is 3.78. The first-order valence-corrected chi connectivity index (χ1v) is 9.54. The van der Waals surface area contributed by atoms with Crippen LogP contribution in [0, 0.1) is 0 Å². The molecular weight excluding hydrogens is 348 g/mol. The van der Waals surface area contributed by atoms with Crippen LogP contribution in [0.25, 0.3) is 0 Å². The predicted octanol–water partition coefficient (Wildman–Crippen LogP) is 2.95. The molecule has 0 saturated heterocycles. The van der Waals surface area contributed by atoms with Crippen LogP contribution in [0.2, 0.25) is 5.02 Å². The maximum Gasteiger partial charge on any atom is 0.238 e. The van der Waals surface area contributed by atoms with Crippen LogP contribution < -0.4 is 14.8 Å². The summed E-state index contributed by atoms with van der Waals surface area (Å²) in [5, 5.41) is 5.91. The molecule has 1 heterocycles. The molecule has 2 aromatic rings. The number of ether oxygens (including phenoxy) is 1. The van der Waals surface area contributed by atoms with Crippen LogP contribution in [0.4, 0.5) is 5.69 Å². The third-order valence-electron chi connectivity index (χ3n) is 4.20. The molecule has 2 aromatic carbocycles. The number of nitrogens with two attached hydrogens (primary N) is 1. The minimum atomic E-state index is -3.72. The highest BCUT2D eigenvalue weighted by Gasteiger charge is 2.21.